The molecule has 0 radical (unpaired) electrons. The van der Waals surface area contributed by atoms with Gasteiger partial charge in [-0.05, 0) is 25.2 Å². The summed E-state index contributed by atoms with van der Waals surface area (Å²) in [5.41, 5.74) is 1.09. The summed E-state index contributed by atoms with van der Waals surface area (Å²) in [4.78, 5) is 4.20. The summed E-state index contributed by atoms with van der Waals surface area (Å²) in [6, 6.07) is 5.94. The summed E-state index contributed by atoms with van der Waals surface area (Å²) >= 11 is 9.40. The smallest absolute Gasteiger partial charge is 0.147 e. The Kier molecular flexibility index (Phi) is 4.85. The predicted molar refractivity (Wildman–Crippen MR) is 79.5 cm³/mol. The number of ether oxygens (including phenoxy) is 1. The highest BCUT2D eigenvalue weighted by Crippen LogP contribution is 2.24. The molecule has 2 aromatic rings. The van der Waals surface area contributed by atoms with E-state index >= 15 is 0 Å². The third-order valence-corrected chi connectivity index (χ3v) is 3.62. The summed E-state index contributed by atoms with van der Waals surface area (Å²) in [7, 11) is 3.77. The lowest BCUT2D eigenvalue weighted by molar-refractivity contribution is 0.288. The molecule has 0 fully saturated rings. The van der Waals surface area contributed by atoms with Crippen LogP contribution in [0.4, 0.5) is 0 Å². The summed E-state index contributed by atoms with van der Waals surface area (Å²) < 4.78 is 8.66. The van der Waals surface area contributed by atoms with Gasteiger partial charge in [-0.1, -0.05) is 27.5 Å². The second-order valence-electron chi connectivity index (χ2n) is 4.13. The van der Waals surface area contributed by atoms with Crippen LogP contribution in [-0.2, 0) is 20.2 Å². The number of imidazole rings is 1. The number of hydrogen-bond acceptors (Lipinski definition) is 3. The Morgan fingerprint density at radius 2 is 2.26 bits per heavy atom. The number of aromatic nitrogens is 2. The molecule has 6 heteroatoms. The molecule has 1 aromatic heterocycles. The fourth-order valence-corrected chi connectivity index (χ4v) is 2.27. The Hall–Kier alpha value is -1.04. The molecule has 0 saturated carbocycles. The third-order valence-electron chi connectivity index (χ3n) is 2.77. The van der Waals surface area contributed by atoms with Crippen LogP contribution >= 0.6 is 27.5 Å². The molecular formula is C13H15BrClN3O. The zero-order valence-electron chi connectivity index (χ0n) is 10.8. The van der Waals surface area contributed by atoms with Gasteiger partial charge in [0.1, 0.15) is 23.3 Å². The number of nitrogens with one attached hydrogen (secondary N) is 1. The van der Waals surface area contributed by atoms with Crippen LogP contribution in [-0.4, -0.2) is 16.6 Å². The maximum atomic E-state index is 5.94. The van der Waals surface area contributed by atoms with E-state index in [2.05, 4.69) is 26.2 Å². The highest BCUT2D eigenvalue weighted by molar-refractivity contribution is 9.10. The van der Waals surface area contributed by atoms with Crippen LogP contribution in [0.1, 0.15) is 11.4 Å². The molecule has 102 valence electrons. The average Bonchev–Trinajstić information content (AvgIpc) is 2.70. The number of rotatable bonds is 5. The van der Waals surface area contributed by atoms with Gasteiger partial charge in [-0.15, -0.1) is 0 Å². The molecule has 1 heterocycles. The van der Waals surface area contributed by atoms with Crippen molar-refractivity contribution in [1.29, 1.82) is 0 Å². The lowest BCUT2D eigenvalue weighted by Crippen LogP contribution is -2.09. The van der Waals surface area contributed by atoms with Crippen molar-refractivity contribution in [2.45, 2.75) is 13.2 Å². The first-order valence-corrected chi connectivity index (χ1v) is 7.01. The summed E-state index contributed by atoms with van der Waals surface area (Å²) in [6.45, 7) is 1.14. The monoisotopic (exact) mass is 343 g/mol. The van der Waals surface area contributed by atoms with Gasteiger partial charge in [0.05, 0.1) is 6.20 Å². The van der Waals surface area contributed by atoms with Crippen LogP contribution in [0.3, 0.4) is 0 Å². The molecule has 0 aliphatic carbocycles. The van der Waals surface area contributed by atoms with Gasteiger partial charge in [-0.25, -0.2) is 4.98 Å². The Morgan fingerprint density at radius 1 is 1.47 bits per heavy atom. The Balaban J connectivity index is 2.12. The van der Waals surface area contributed by atoms with Crippen molar-refractivity contribution in [2.24, 2.45) is 7.05 Å². The number of benzene rings is 1. The largest absolute Gasteiger partial charge is 0.485 e. The highest BCUT2D eigenvalue weighted by Gasteiger charge is 2.08. The van der Waals surface area contributed by atoms with Crippen LogP contribution < -0.4 is 10.1 Å². The molecule has 0 unspecified atom stereocenters. The predicted octanol–water partition coefficient (Wildman–Crippen LogP) is 3.13. The Labute approximate surface area is 125 Å². The molecule has 1 aromatic carbocycles. The van der Waals surface area contributed by atoms with Crippen LogP contribution in [0, 0.1) is 0 Å². The molecule has 4 nitrogen and oxygen atoms in total. The van der Waals surface area contributed by atoms with Gasteiger partial charge in [0.15, 0.2) is 0 Å². The third kappa shape index (κ3) is 3.49. The van der Waals surface area contributed by atoms with Crippen molar-refractivity contribution in [3.8, 4) is 5.75 Å². The highest BCUT2D eigenvalue weighted by atomic mass is 79.9. The molecule has 19 heavy (non-hydrogen) atoms. The van der Waals surface area contributed by atoms with E-state index in [0.29, 0.717) is 11.8 Å². The number of nitrogens with zero attached hydrogens (tertiary/aromatic N) is 2. The van der Waals surface area contributed by atoms with Gasteiger partial charge in [0.25, 0.3) is 0 Å². The van der Waals surface area contributed by atoms with E-state index in [1.807, 2.05) is 32.3 Å². The minimum Gasteiger partial charge on any atom is -0.485 e. The van der Waals surface area contributed by atoms with Crippen LogP contribution in [0.5, 0.6) is 5.75 Å². The van der Waals surface area contributed by atoms with E-state index < -0.39 is 0 Å². The molecule has 0 aliphatic rings. The zero-order chi connectivity index (χ0) is 13.8. The molecule has 0 atom stereocenters. The van der Waals surface area contributed by atoms with Crippen molar-refractivity contribution in [1.82, 2.24) is 14.9 Å². The maximum absolute atomic E-state index is 5.94. The SMILES string of the molecule is CNCc1cc(Br)ccc1OCc1ncc(Cl)n1C. The first-order chi connectivity index (χ1) is 9.11. The quantitative estimate of drug-likeness (QED) is 0.906. The van der Waals surface area contributed by atoms with Gasteiger partial charge >= 0.3 is 0 Å². The summed E-state index contributed by atoms with van der Waals surface area (Å²) in [5.74, 6) is 1.64. The summed E-state index contributed by atoms with van der Waals surface area (Å²) in [5, 5.41) is 3.72. The molecule has 0 saturated heterocycles. The molecule has 0 bridgehead atoms. The van der Waals surface area contributed by atoms with Gasteiger partial charge in [0, 0.05) is 23.6 Å². The standard InChI is InChI=1S/C13H15BrClN3O/c1-16-6-9-5-10(14)3-4-11(9)19-8-13-17-7-12(15)18(13)2/h3-5,7,16H,6,8H2,1-2H3. The molecule has 1 N–H and O–H groups in total. The molecule has 0 amide bonds. The summed E-state index contributed by atoms with van der Waals surface area (Å²) in [6.07, 6.45) is 1.62. The van der Waals surface area contributed by atoms with Gasteiger partial charge in [0.2, 0.25) is 0 Å². The molecule has 0 aliphatic heterocycles. The van der Waals surface area contributed by atoms with E-state index in [0.717, 1.165) is 28.2 Å². The first-order valence-electron chi connectivity index (χ1n) is 5.83. The van der Waals surface area contributed by atoms with E-state index in [4.69, 9.17) is 16.3 Å². The maximum Gasteiger partial charge on any atom is 0.147 e. The lowest BCUT2D eigenvalue weighted by atomic mass is 10.2. The Bertz CT molecular complexity index is 571. The minimum atomic E-state index is 0.390. The fraction of sp³-hybridized carbons (Fsp3) is 0.308. The lowest BCUT2D eigenvalue weighted by Gasteiger charge is -2.12. The van der Waals surface area contributed by atoms with Gasteiger partial charge in [-0.3, -0.25) is 0 Å². The van der Waals surface area contributed by atoms with Crippen LogP contribution in [0.15, 0.2) is 28.9 Å². The van der Waals surface area contributed by atoms with Crippen LogP contribution in [0.25, 0.3) is 0 Å². The van der Waals surface area contributed by atoms with Gasteiger partial charge in [-0.2, -0.15) is 0 Å². The molecular weight excluding hydrogens is 330 g/mol. The normalized spacial score (nSPS) is 10.7. The van der Waals surface area contributed by atoms with Crippen molar-refractivity contribution in [2.75, 3.05) is 7.05 Å². The number of halogens is 2. The van der Waals surface area contributed by atoms with E-state index in [1.54, 1.807) is 10.8 Å². The van der Waals surface area contributed by atoms with E-state index in [-0.39, 0.29) is 0 Å². The molecule has 2 rings (SSSR count). The van der Waals surface area contributed by atoms with E-state index in [9.17, 15) is 0 Å². The first kappa shape index (κ1) is 14.4. The average molecular weight is 345 g/mol. The Morgan fingerprint density at radius 3 is 2.89 bits per heavy atom. The van der Waals surface area contributed by atoms with E-state index in [1.165, 1.54) is 0 Å². The van der Waals surface area contributed by atoms with Gasteiger partial charge < -0.3 is 14.6 Å². The van der Waals surface area contributed by atoms with Crippen molar-refractivity contribution < 1.29 is 4.74 Å². The zero-order valence-corrected chi connectivity index (χ0v) is 13.1. The minimum absolute atomic E-state index is 0.390. The topological polar surface area (TPSA) is 39.1 Å². The second-order valence-corrected chi connectivity index (χ2v) is 5.43. The molecule has 0 spiro atoms. The fourth-order valence-electron chi connectivity index (χ4n) is 1.72. The van der Waals surface area contributed by atoms with Crippen molar-refractivity contribution in [3.63, 3.8) is 0 Å². The second kappa shape index (κ2) is 6.41. The van der Waals surface area contributed by atoms with Crippen LogP contribution in [0.2, 0.25) is 5.15 Å². The van der Waals surface area contributed by atoms with Crippen molar-refractivity contribution in [3.05, 3.63) is 45.4 Å². The van der Waals surface area contributed by atoms with Crippen molar-refractivity contribution >= 4 is 27.5 Å². The number of hydrogen-bond donors (Lipinski definition) is 1.